The number of carbonyl (C=O) groups is 1. The summed E-state index contributed by atoms with van der Waals surface area (Å²) < 4.78 is 0. The molecule has 4 nitrogen and oxygen atoms in total. The minimum atomic E-state index is 0.0641. The zero-order valence-corrected chi connectivity index (χ0v) is 15.7. The van der Waals surface area contributed by atoms with Gasteiger partial charge in [-0.1, -0.05) is 30.3 Å². The second-order valence-electron chi connectivity index (χ2n) is 7.26. The van der Waals surface area contributed by atoms with Crippen LogP contribution in [0.15, 0.2) is 48.5 Å². The Labute approximate surface area is 156 Å². The van der Waals surface area contributed by atoms with Crippen molar-refractivity contribution in [3.8, 4) is 5.75 Å². The van der Waals surface area contributed by atoms with Crippen molar-refractivity contribution < 1.29 is 9.90 Å². The number of aromatic hydroxyl groups is 1. The fraction of sp³-hybridized carbons (Fsp3) is 0.409. The Morgan fingerprint density at radius 2 is 2.00 bits per heavy atom. The van der Waals surface area contributed by atoms with Gasteiger partial charge in [0.15, 0.2) is 0 Å². The first-order valence-electron chi connectivity index (χ1n) is 9.37. The molecule has 0 aliphatic carbocycles. The molecule has 1 saturated heterocycles. The summed E-state index contributed by atoms with van der Waals surface area (Å²) in [5.74, 6) is 0.299. The van der Waals surface area contributed by atoms with Crippen LogP contribution in [0.4, 0.5) is 0 Å². The smallest absolute Gasteiger partial charge is 0.253 e. The standard InChI is InChI=1S/C22H28N2O2/c1-17-15-19(10-11-21(17)25)22(26)24-13-6-9-20(16-24)23(2)14-12-18-7-4-3-5-8-18/h3-5,7-8,10-11,15,20,25H,6,9,12-14,16H2,1-2H3. The number of rotatable bonds is 5. The summed E-state index contributed by atoms with van der Waals surface area (Å²) in [6, 6.07) is 16.0. The number of phenolic OH excluding ortho intramolecular Hbond substituents is 1. The predicted molar refractivity (Wildman–Crippen MR) is 105 cm³/mol. The predicted octanol–water partition coefficient (Wildman–Crippen LogP) is 3.48. The monoisotopic (exact) mass is 352 g/mol. The van der Waals surface area contributed by atoms with Crippen LogP contribution < -0.4 is 0 Å². The van der Waals surface area contributed by atoms with Crippen LogP contribution in [0.25, 0.3) is 0 Å². The minimum Gasteiger partial charge on any atom is -0.508 e. The second-order valence-corrected chi connectivity index (χ2v) is 7.26. The van der Waals surface area contributed by atoms with Gasteiger partial charge in [0.1, 0.15) is 5.75 Å². The number of likely N-dealkylation sites (tertiary alicyclic amines) is 1. The number of amides is 1. The van der Waals surface area contributed by atoms with Gasteiger partial charge in [0.05, 0.1) is 0 Å². The van der Waals surface area contributed by atoms with Crippen LogP contribution in [-0.4, -0.2) is 53.5 Å². The molecule has 1 fully saturated rings. The van der Waals surface area contributed by atoms with Gasteiger partial charge in [-0.25, -0.2) is 0 Å². The molecule has 0 bridgehead atoms. The molecule has 0 radical (unpaired) electrons. The maximum absolute atomic E-state index is 12.8. The molecule has 0 spiro atoms. The Balaban J connectivity index is 1.59. The minimum absolute atomic E-state index is 0.0641. The van der Waals surface area contributed by atoms with Crippen LogP contribution in [0.3, 0.4) is 0 Å². The zero-order chi connectivity index (χ0) is 18.5. The summed E-state index contributed by atoms with van der Waals surface area (Å²) >= 11 is 0. The van der Waals surface area contributed by atoms with Crippen molar-refractivity contribution >= 4 is 5.91 Å². The maximum Gasteiger partial charge on any atom is 0.253 e. The Morgan fingerprint density at radius 3 is 2.73 bits per heavy atom. The number of hydrogen-bond donors (Lipinski definition) is 1. The van der Waals surface area contributed by atoms with E-state index in [2.05, 4.69) is 36.2 Å². The number of phenols is 1. The average Bonchev–Trinajstić information content (AvgIpc) is 2.68. The Bertz CT molecular complexity index is 745. The third-order valence-corrected chi connectivity index (χ3v) is 5.35. The van der Waals surface area contributed by atoms with Crippen LogP contribution in [-0.2, 0) is 6.42 Å². The quantitative estimate of drug-likeness (QED) is 0.896. The Kier molecular flexibility index (Phi) is 5.94. The van der Waals surface area contributed by atoms with E-state index < -0.39 is 0 Å². The van der Waals surface area contributed by atoms with E-state index in [1.54, 1.807) is 18.2 Å². The molecule has 0 aromatic heterocycles. The molecule has 1 heterocycles. The van der Waals surface area contributed by atoms with Gasteiger partial charge in [0, 0.05) is 31.2 Å². The molecule has 2 aromatic rings. The van der Waals surface area contributed by atoms with E-state index in [0.29, 0.717) is 11.6 Å². The molecule has 1 atom stereocenters. The Morgan fingerprint density at radius 1 is 1.23 bits per heavy atom. The maximum atomic E-state index is 12.8. The van der Waals surface area contributed by atoms with E-state index in [0.717, 1.165) is 44.5 Å². The number of benzene rings is 2. The molecular formula is C22H28N2O2. The van der Waals surface area contributed by atoms with Gasteiger partial charge in [-0.05, 0) is 62.6 Å². The van der Waals surface area contributed by atoms with Crippen molar-refractivity contribution in [2.24, 2.45) is 0 Å². The summed E-state index contributed by atoms with van der Waals surface area (Å²) in [4.78, 5) is 17.2. The van der Waals surface area contributed by atoms with E-state index in [1.165, 1.54) is 5.56 Å². The van der Waals surface area contributed by atoms with E-state index in [9.17, 15) is 9.90 Å². The van der Waals surface area contributed by atoms with Gasteiger partial charge >= 0.3 is 0 Å². The summed E-state index contributed by atoms with van der Waals surface area (Å²) in [6.07, 6.45) is 3.19. The van der Waals surface area contributed by atoms with Gasteiger partial charge in [0.2, 0.25) is 0 Å². The number of nitrogens with zero attached hydrogens (tertiary/aromatic N) is 2. The molecule has 1 N–H and O–H groups in total. The largest absolute Gasteiger partial charge is 0.508 e. The van der Waals surface area contributed by atoms with Crippen LogP contribution >= 0.6 is 0 Å². The van der Waals surface area contributed by atoms with Crippen LogP contribution in [0.1, 0.15) is 34.3 Å². The van der Waals surface area contributed by atoms with Crippen molar-refractivity contribution in [2.45, 2.75) is 32.2 Å². The summed E-state index contributed by atoms with van der Waals surface area (Å²) in [5.41, 5.74) is 2.75. The van der Waals surface area contributed by atoms with E-state index >= 15 is 0 Å². The third kappa shape index (κ3) is 4.44. The van der Waals surface area contributed by atoms with Crippen LogP contribution in [0.2, 0.25) is 0 Å². The normalized spacial score (nSPS) is 17.5. The highest BCUT2D eigenvalue weighted by Crippen LogP contribution is 2.21. The number of hydrogen-bond acceptors (Lipinski definition) is 3. The highest BCUT2D eigenvalue weighted by molar-refractivity contribution is 5.94. The molecule has 0 saturated carbocycles. The average molecular weight is 352 g/mol. The molecule has 1 aliphatic rings. The molecule has 3 rings (SSSR count). The zero-order valence-electron chi connectivity index (χ0n) is 15.7. The summed E-state index contributed by atoms with van der Waals surface area (Å²) in [5, 5.41) is 9.67. The van der Waals surface area contributed by atoms with Gasteiger partial charge in [0.25, 0.3) is 5.91 Å². The first-order chi connectivity index (χ1) is 12.5. The lowest BCUT2D eigenvalue weighted by Gasteiger charge is -2.37. The fourth-order valence-corrected chi connectivity index (χ4v) is 3.60. The molecule has 4 heteroatoms. The highest BCUT2D eigenvalue weighted by Gasteiger charge is 2.26. The number of aryl methyl sites for hydroxylation is 1. The van der Waals surface area contributed by atoms with Crippen molar-refractivity contribution in [3.05, 3.63) is 65.2 Å². The van der Waals surface area contributed by atoms with Gasteiger partial charge in [-0.3, -0.25) is 4.79 Å². The molecule has 1 aliphatic heterocycles. The van der Waals surface area contributed by atoms with Crippen LogP contribution in [0.5, 0.6) is 5.75 Å². The molecule has 138 valence electrons. The number of piperidine rings is 1. The van der Waals surface area contributed by atoms with E-state index in [-0.39, 0.29) is 11.7 Å². The fourth-order valence-electron chi connectivity index (χ4n) is 3.60. The number of likely N-dealkylation sites (N-methyl/N-ethyl adjacent to an activating group) is 1. The van der Waals surface area contributed by atoms with E-state index in [4.69, 9.17) is 0 Å². The second kappa shape index (κ2) is 8.37. The lowest BCUT2D eigenvalue weighted by Crippen LogP contribution is -2.49. The first-order valence-corrected chi connectivity index (χ1v) is 9.37. The Hall–Kier alpha value is -2.33. The third-order valence-electron chi connectivity index (χ3n) is 5.35. The lowest BCUT2D eigenvalue weighted by molar-refractivity contribution is 0.0611. The van der Waals surface area contributed by atoms with Gasteiger partial charge in [-0.15, -0.1) is 0 Å². The van der Waals surface area contributed by atoms with Crippen molar-refractivity contribution in [1.82, 2.24) is 9.80 Å². The topological polar surface area (TPSA) is 43.8 Å². The lowest BCUT2D eigenvalue weighted by atomic mass is 10.0. The SMILES string of the molecule is Cc1cc(C(=O)N2CCCC(N(C)CCc3ccccc3)C2)ccc1O. The molecule has 2 aromatic carbocycles. The molecule has 26 heavy (non-hydrogen) atoms. The van der Waals surface area contributed by atoms with Crippen LogP contribution in [0, 0.1) is 6.92 Å². The first kappa shape index (κ1) is 18.5. The molecular weight excluding hydrogens is 324 g/mol. The van der Waals surface area contributed by atoms with Crippen molar-refractivity contribution in [3.63, 3.8) is 0 Å². The van der Waals surface area contributed by atoms with Crippen molar-refractivity contribution in [1.29, 1.82) is 0 Å². The highest BCUT2D eigenvalue weighted by atomic mass is 16.3. The summed E-state index contributed by atoms with van der Waals surface area (Å²) in [6.45, 7) is 4.39. The molecule has 1 unspecified atom stereocenters. The van der Waals surface area contributed by atoms with Gasteiger partial charge < -0.3 is 14.9 Å². The number of carbonyl (C=O) groups excluding carboxylic acids is 1. The van der Waals surface area contributed by atoms with Crippen molar-refractivity contribution in [2.75, 3.05) is 26.7 Å². The molecule has 1 amide bonds. The van der Waals surface area contributed by atoms with E-state index in [1.807, 2.05) is 17.9 Å². The summed E-state index contributed by atoms with van der Waals surface area (Å²) in [7, 11) is 2.16. The van der Waals surface area contributed by atoms with Gasteiger partial charge in [-0.2, -0.15) is 0 Å².